The predicted molar refractivity (Wildman–Crippen MR) is 66.4 cm³/mol. The van der Waals surface area contributed by atoms with Gasteiger partial charge in [-0.1, -0.05) is 5.16 Å². The van der Waals surface area contributed by atoms with E-state index in [0.29, 0.717) is 5.69 Å². The van der Waals surface area contributed by atoms with Crippen molar-refractivity contribution in [1.29, 1.82) is 0 Å². The van der Waals surface area contributed by atoms with Crippen LogP contribution in [0, 0.1) is 0 Å². The Labute approximate surface area is 109 Å². The van der Waals surface area contributed by atoms with Gasteiger partial charge >= 0.3 is 5.97 Å². The Morgan fingerprint density at radius 3 is 2.89 bits per heavy atom. The molecule has 1 N–H and O–H groups in total. The lowest BCUT2D eigenvalue weighted by molar-refractivity contribution is 0.0652. The molecule has 0 fully saturated rings. The van der Waals surface area contributed by atoms with Crippen LogP contribution in [-0.4, -0.2) is 16.2 Å². The van der Waals surface area contributed by atoms with E-state index in [1.165, 1.54) is 6.07 Å². The third kappa shape index (κ3) is 1.70. The fourth-order valence-electron chi connectivity index (χ4n) is 1.67. The molecule has 1 aromatic carbocycles. The zero-order valence-corrected chi connectivity index (χ0v) is 10.5. The van der Waals surface area contributed by atoms with Crippen LogP contribution in [-0.2, 0) is 0 Å². The first-order valence-corrected chi connectivity index (χ1v) is 5.81. The Balaban J connectivity index is 2.12. The Morgan fingerprint density at radius 2 is 2.17 bits per heavy atom. The lowest BCUT2D eigenvalue weighted by Crippen LogP contribution is -1.91. The van der Waals surface area contributed by atoms with Gasteiger partial charge in [-0.3, -0.25) is 0 Å². The first kappa shape index (κ1) is 11.0. The van der Waals surface area contributed by atoms with E-state index >= 15 is 0 Å². The minimum Gasteiger partial charge on any atom is -0.475 e. The number of hydrogen-bond donors (Lipinski definition) is 1. The number of halogens is 1. The maximum Gasteiger partial charge on any atom is 0.374 e. The maximum absolute atomic E-state index is 10.7. The molecule has 18 heavy (non-hydrogen) atoms. The van der Waals surface area contributed by atoms with Crippen molar-refractivity contribution in [2.24, 2.45) is 0 Å². The summed E-state index contributed by atoms with van der Waals surface area (Å²) in [5.74, 6) is -1.32. The van der Waals surface area contributed by atoms with Crippen molar-refractivity contribution < 1.29 is 18.8 Å². The van der Waals surface area contributed by atoms with Gasteiger partial charge in [-0.15, -0.1) is 0 Å². The molecule has 0 bridgehead atoms. The first-order chi connectivity index (χ1) is 8.65. The van der Waals surface area contributed by atoms with Crippen LogP contribution >= 0.6 is 15.9 Å². The molecule has 90 valence electrons. The second-order valence-electron chi connectivity index (χ2n) is 3.68. The Morgan fingerprint density at radius 1 is 1.33 bits per heavy atom. The summed E-state index contributed by atoms with van der Waals surface area (Å²) >= 11 is 3.37. The Bertz CT molecular complexity index is 743. The van der Waals surface area contributed by atoms with E-state index in [9.17, 15) is 4.79 Å². The van der Waals surface area contributed by atoms with Crippen LogP contribution in [0.2, 0.25) is 0 Å². The van der Waals surface area contributed by atoms with Gasteiger partial charge < -0.3 is 14.0 Å². The number of aromatic carboxylic acids is 1. The summed E-state index contributed by atoms with van der Waals surface area (Å²) in [6, 6.07) is 6.83. The van der Waals surface area contributed by atoms with Crippen molar-refractivity contribution in [2.75, 3.05) is 0 Å². The highest BCUT2D eigenvalue weighted by molar-refractivity contribution is 9.10. The fraction of sp³-hybridized carbons (Fsp3) is 0. The number of aromatic nitrogens is 1. The quantitative estimate of drug-likeness (QED) is 0.783. The highest BCUT2D eigenvalue weighted by Crippen LogP contribution is 2.30. The Hall–Kier alpha value is -2.08. The zero-order valence-electron chi connectivity index (χ0n) is 8.88. The summed E-state index contributed by atoms with van der Waals surface area (Å²) in [5.41, 5.74) is 1.98. The SMILES string of the molecule is O=C(O)c1cc(-c2ccc3occ(Br)c3c2)no1. The Kier molecular flexibility index (Phi) is 2.45. The summed E-state index contributed by atoms with van der Waals surface area (Å²) < 4.78 is 10.9. The van der Waals surface area contributed by atoms with Gasteiger partial charge in [-0.2, -0.15) is 0 Å². The normalized spacial score (nSPS) is 10.9. The van der Waals surface area contributed by atoms with Crippen molar-refractivity contribution in [1.82, 2.24) is 5.16 Å². The topological polar surface area (TPSA) is 76.5 Å². The molecule has 2 heterocycles. The zero-order chi connectivity index (χ0) is 12.7. The molecule has 0 saturated carbocycles. The molecule has 3 aromatic rings. The van der Waals surface area contributed by atoms with Gasteiger partial charge in [-0.05, 0) is 34.1 Å². The monoisotopic (exact) mass is 307 g/mol. The summed E-state index contributed by atoms with van der Waals surface area (Å²) in [6.07, 6.45) is 1.60. The number of fused-ring (bicyclic) bond motifs is 1. The van der Waals surface area contributed by atoms with Gasteiger partial charge in [0, 0.05) is 17.0 Å². The number of hydrogen-bond acceptors (Lipinski definition) is 4. The summed E-state index contributed by atoms with van der Waals surface area (Å²) in [6.45, 7) is 0. The average molecular weight is 308 g/mol. The molecule has 0 unspecified atom stereocenters. The van der Waals surface area contributed by atoms with Crippen molar-refractivity contribution >= 4 is 32.9 Å². The average Bonchev–Trinajstić information content (AvgIpc) is 2.96. The number of nitrogens with zero attached hydrogens (tertiary/aromatic N) is 1. The molecule has 0 radical (unpaired) electrons. The van der Waals surface area contributed by atoms with E-state index in [1.807, 2.05) is 6.07 Å². The largest absolute Gasteiger partial charge is 0.475 e. The third-order valence-corrected chi connectivity index (χ3v) is 3.16. The molecule has 0 spiro atoms. The van der Waals surface area contributed by atoms with E-state index in [0.717, 1.165) is 21.0 Å². The van der Waals surface area contributed by atoms with E-state index in [-0.39, 0.29) is 5.76 Å². The van der Waals surface area contributed by atoms with Gasteiger partial charge in [-0.25, -0.2) is 4.79 Å². The fourth-order valence-corrected chi connectivity index (χ4v) is 2.07. The summed E-state index contributed by atoms with van der Waals surface area (Å²) in [5, 5.41) is 13.4. The van der Waals surface area contributed by atoms with E-state index in [4.69, 9.17) is 14.0 Å². The van der Waals surface area contributed by atoms with Crippen LogP contribution in [0.3, 0.4) is 0 Å². The highest BCUT2D eigenvalue weighted by Gasteiger charge is 2.13. The smallest absolute Gasteiger partial charge is 0.374 e. The summed E-state index contributed by atoms with van der Waals surface area (Å²) in [4.78, 5) is 10.7. The predicted octanol–water partition coefficient (Wildman–Crippen LogP) is 3.55. The number of benzene rings is 1. The van der Waals surface area contributed by atoms with Crippen LogP contribution in [0.4, 0.5) is 0 Å². The van der Waals surface area contributed by atoms with Crippen LogP contribution in [0.15, 0.2) is 43.9 Å². The summed E-state index contributed by atoms with van der Waals surface area (Å²) in [7, 11) is 0. The van der Waals surface area contributed by atoms with Crippen LogP contribution in [0.1, 0.15) is 10.6 Å². The van der Waals surface area contributed by atoms with Crippen molar-refractivity contribution in [3.05, 3.63) is 40.8 Å². The maximum atomic E-state index is 10.7. The molecule has 0 aliphatic rings. The van der Waals surface area contributed by atoms with Crippen molar-refractivity contribution in [2.45, 2.75) is 0 Å². The molecule has 0 aliphatic heterocycles. The van der Waals surface area contributed by atoms with Gasteiger partial charge in [0.1, 0.15) is 17.5 Å². The molecule has 0 aliphatic carbocycles. The lowest BCUT2D eigenvalue weighted by Gasteiger charge is -1.95. The van der Waals surface area contributed by atoms with Gasteiger partial charge in [0.05, 0.1) is 4.47 Å². The lowest BCUT2D eigenvalue weighted by atomic mass is 10.1. The minimum absolute atomic E-state index is 0.184. The molecule has 0 amide bonds. The standard InChI is InChI=1S/C12H6BrNO4/c13-8-5-17-10-2-1-6(3-7(8)10)9-4-11(12(15)16)18-14-9/h1-5H,(H,15,16). The van der Waals surface area contributed by atoms with Gasteiger partial charge in [0.25, 0.3) is 0 Å². The number of rotatable bonds is 2. The van der Waals surface area contributed by atoms with E-state index in [1.54, 1.807) is 18.4 Å². The second kappa shape index (κ2) is 3.99. The van der Waals surface area contributed by atoms with Crippen molar-refractivity contribution in [3.63, 3.8) is 0 Å². The number of carboxylic acid groups (broad SMARTS) is 1. The minimum atomic E-state index is -1.14. The third-order valence-electron chi connectivity index (χ3n) is 2.54. The molecule has 5 nitrogen and oxygen atoms in total. The first-order valence-electron chi connectivity index (χ1n) is 5.02. The molecule has 2 aromatic heterocycles. The molecule has 3 rings (SSSR count). The molecule has 6 heteroatoms. The highest BCUT2D eigenvalue weighted by atomic mass is 79.9. The van der Waals surface area contributed by atoms with Crippen molar-refractivity contribution in [3.8, 4) is 11.3 Å². The van der Waals surface area contributed by atoms with Crippen LogP contribution in [0.5, 0.6) is 0 Å². The molecular weight excluding hydrogens is 302 g/mol. The number of carbonyl (C=O) groups is 1. The van der Waals surface area contributed by atoms with E-state index in [2.05, 4.69) is 21.1 Å². The molecule has 0 saturated heterocycles. The van der Waals surface area contributed by atoms with Crippen LogP contribution in [0.25, 0.3) is 22.2 Å². The van der Waals surface area contributed by atoms with Gasteiger partial charge in [0.15, 0.2) is 0 Å². The second-order valence-corrected chi connectivity index (χ2v) is 4.53. The van der Waals surface area contributed by atoms with E-state index < -0.39 is 5.97 Å². The van der Waals surface area contributed by atoms with Crippen LogP contribution < -0.4 is 0 Å². The van der Waals surface area contributed by atoms with Gasteiger partial charge in [0.2, 0.25) is 5.76 Å². The number of carboxylic acids is 1. The molecule has 0 atom stereocenters. The number of furan rings is 1. The molecular formula is C12H6BrNO4.